The van der Waals surface area contributed by atoms with E-state index in [2.05, 4.69) is 15.8 Å². The predicted molar refractivity (Wildman–Crippen MR) is 128 cm³/mol. The van der Waals surface area contributed by atoms with E-state index >= 15 is 0 Å². The van der Waals surface area contributed by atoms with E-state index in [9.17, 15) is 19.7 Å². The number of anilines is 1. The highest BCUT2D eigenvalue weighted by Crippen LogP contribution is 2.31. The standard InChI is InChI=1S/C24H21ClN4O5/c1-13-6-3-4-7-17(13)26-24(31)22-14(2)21-18(8-5-9-20(21)34-22)27-28-23(30)15-10-11-16(25)19(12-15)29(32)33/h3-4,6-7,10-12H,5,8-9H2,1-2H3,(H,26,31)(H,28,30)/b27-18+. The number of fused-ring (bicyclic) bond motifs is 1. The molecule has 1 aromatic heterocycles. The fraction of sp³-hybridized carbons (Fsp3) is 0.208. The first-order valence-electron chi connectivity index (χ1n) is 10.6. The lowest BCUT2D eigenvalue weighted by atomic mass is 9.93. The Hall–Kier alpha value is -3.98. The molecule has 34 heavy (non-hydrogen) atoms. The Balaban J connectivity index is 1.57. The van der Waals surface area contributed by atoms with Gasteiger partial charge in [0, 0.05) is 34.9 Å². The van der Waals surface area contributed by atoms with Crippen LogP contribution in [-0.2, 0) is 6.42 Å². The number of hydrogen-bond donors (Lipinski definition) is 2. The summed E-state index contributed by atoms with van der Waals surface area (Å²) in [6.45, 7) is 3.68. The molecule has 9 nitrogen and oxygen atoms in total. The van der Waals surface area contributed by atoms with Crippen molar-refractivity contribution >= 4 is 40.5 Å². The van der Waals surface area contributed by atoms with Gasteiger partial charge in [0.1, 0.15) is 10.8 Å². The molecule has 174 valence electrons. The third-order valence-corrected chi connectivity index (χ3v) is 5.94. The summed E-state index contributed by atoms with van der Waals surface area (Å²) in [6.07, 6.45) is 1.96. The van der Waals surface area contributed by atoms with Crippen LogP contribution in [0.2, 0.25) is 5.02 Å². The lowest BCUT2D eigenvalue weighted by molar-refractivity contribution is -0.384. The Kier molecular flexibility index (Phi) is 6.47. The third-order valence-electron chi connectivity index (χ3n) is 5.62. The van der Waals surface area contributed by atoms with E-state index in [1.54, 1.807) is 6.92 Å². The van der Waals surface area contributed by atoms with Crippen molar-refractivity contribution in [2.45, 2.75) is 33.1 Å². The maximum absolute atomic E-state index is 12.9. The Labute approximate surface area is 199 Å². The van der Waals surface area contributed by atoms with Gasteiger partial charge in [-0.3, -0.25) is 19.7 Å². The van der Waals surface area contributed by atoms with Gasteiger partial charge in [-0.1, -0.05) is 29.8 Å². The first-order valence-corrected chi connectivity index (χ1v) is 10.9. The lowest BCUT2D eigenvalue weighted by Gasteiger charge is -2.13. The van der Waals surface area contributed by atoms with Gasteiger partial charge in [-0.2, -0.15) is 5.10 Å². The number of hydrogen-bond acceptors (Lipinski definition) is 6. The number of furan rings is 1. The number of nitrogens with one attached hydrogen (secondary N) is 2. The van der Waals surface area contributed by atoms with E-state index in [0.29, 0.717) is 41.1 Å². The Bertz CT molecular complexity index is 1350. The van der Waals surface area contributed by atoms with E-state index in [0.717, 1.165) is 18.1 Å². The van der Waals surface area contributed by atoms with Crippen LogP contribution in [0.4, 0.5) is 11.4 Å². The second kappa shape index (κ2) is 9.48. The molecule has 2 aromatic carbocycles. The SMILES string of the molecule is Cc1ccccc1NC(=O)c1oc2c(c1C)/C(=N/NC(=O)c1ccc(Cl)c([N+](=O)[O-])c1)CCC2. The van der Waals surface area contributed by atoms with E-state index in [-0.39, 0.29) is 27.9 Å². The van der Waals surface area contributed by atoms with Crippen LogP contribution < -0.4 is 10.7 Å². The molecule has 0 saturated carbocycles. The average molecular weight is 481 g/mol. The van der Waals surface area contributed by atoms with Gasteiger partial charge in [0.05, 0.1) is 10.6 Å². The van der Waals surface area contributed by atoms with Crippen LogP contribution in [0.15, 0.2) is 52.0 Å². The van der Waals surface area contributed by atoms with Gasteiger partial charge in [-0.25, -0.2) is 5.43 Å². The molecule has 10 heteroatoms. The summed E-state index contributed by atoms with van der Waals surface area (Å²) < 4.78 is 5.89. The minimum Gasteiger partial charge on any atom is -0.455 e. The number of nitro groups is 1. The van der Waals surface area contributed by atoms with E-state index in [1.807, 2.05) is 31.2 Å². The van der Waals surface area contributed by atoms with Crippen molar-refractivity contribution in [2.75, 3.05) is 5.32 Å². The molecule has 1 aliphatic carbocycles. The van der Waals surface area contributed by atoms with Gasteiger partial charge >= 0.3 is 0 Å². The summed E-state index contributed by atoms with van der Waals surface area (Å²) >= 11 is 5.81. The second-order valence-electron chi connectivity index (χ2n) is 7.90. The van der Waals surface area contributed by atoms with E-state index < -0.39 is 10.8 Å². The zero-order valence-electron chi connectivity index (χ0n) is 18.5. The number of para-hydroxylation sites is 1. The van der Waals surface area contributed by atoms with Crippen molar-refractivity contribution < 1.29 is 18.9 Å². The molecule has 2 amide bonds. The summed E-state index contributed by atoms with van der Waals surface area (Å²) in [5.41, 5.74) is 5.67. The predicted octanol–water partition coefficient (Wildman–Crippen LogP) is 5.18. The molecule has 1 aliphatic rings. The van der Waals surface area contributed by atoms with Crippen molar-refractivity contribution in [3.63, 3.8) is 0 Å². The molecule has 0 bridgehead atoms. The van der Waals surface area contributed by atoms with Gasteiger partial charge < -0.3 is 9.73 Å². The molecule has 0 radical (unpaired) electrons. The number of halogens is 1. The first kappa shape index (κ1) is 23.2. The molecule has 2 N–H and O–H groups in total. The molecule has 0 spiro atoms. The monoisotopic (exact) mass is 480 g/mol. The summed E-state index contributed by atoms with van der Waals surface area (Å²) in [4.78, 5) is 35.9. The van der Waals surface area contributed by atoms with E-state index in [1.165, 1.54) is 12.1 Å². The van der Waals surface area contributed by atoms with Gasteiger partial charge in [0.25, 0.3) is 17.5 Å². The lowest BCUT2D eigenvalue weighted by Crippen LogP contribution is -2.22. The van der Waals surface area contributed by atoms with Crippen LogP contribution in [0.5, 0.6) is 0 Å². The Morgan fingerprint density at radius 1 is 1.12 bits per heavy atom. The number of nitrogens with zero attached hydrogens (tertiary/aromatic N) is 2. The number of aryl methyl sites for hydroxylation is 2. The van der Waals surface area contributed by atoms with Crippen LogP contribution >= 0.6 is 11.6 Å². The van der Waals surface area contributed by atoms with Crippen molar-refractivity contribution in [3.8, 4) is 0 Å². The minimum atomic E-state index is -0.656. The zero-order valence-corrected chi connectivity index (χ0v) is 19.2. The maximum Gasteiger partial charge on any atom is 0.291 e. The van der Waals surface area contributed by atoms with Gasteiger partial charge in [0.2, 0.25) is 0 Å². The summed E-state index contributed by atoms with van der Waals surface area (Å²) in [5, 5.41) is 18.2. The minimum absolute atomic E-state index is 0.0543. The molecule has 1 heterocycles. The molecule has 0 aliphatic heterocycles. The number of carbonyl (C=O) groups is 2. The molecule has 4 rings (SSSR count). The van der Waals surface area contributed by atoms with Crippen LogP contribution in [0, 0.1) is 24.0 Å². The average Bonchev–Trinajstić information content (AvgIpc) is 3.16. The van der Waals surface area contributed by atoms with Crippen molar-refractivity contribution in [1.82, 2.24) is 5.43 Å². The Morgan fingerprint density at radius 2 is 1.88 bits per heavy atom. The van der Waals surface area contributed by atoms with Crippen molar-refractivity contribution in [2.24, 2.45) is 5.10 Å². The quantitative estimate of drug-likeness (QED) is 0.384. The van der Waals surface area contributed by atoms with Crippen molar-refractivity contribution in [1.29, 1.82) is 0 Å². The maximum atomic E-state index is 12.9. The highest BCUT2D eigenvalue weighted by atomic mass is 35.5. The van der Waals surface area contributed by atoms with Crippen LogP contribution in [0.1, 0.15) is 56.2 Å². The van der Waals surface area contributed by atoms with Gasteiger partial charge in [-0.15, -0.1) is 0 Å². The number of carbonyl (C=O) groups excluding carboxylic acids is 2. The number of rotatable bonds is 5. The fourth-order valence-electron chi connectivity index (χ4n) is 3.87. The number of nitro benzene ring substituents is 1. The molecule has 0 fully saturated rings. The highest BCUT2D eigenvalue weighted by Gasteiger charge is 2.28. The highest BCUT2D eigenvalue weighted by molar-refractivity contribution is 6.32. The normalized spacial score (nSPS) is 13.9. The largest absolute Gasteiger partial charge is 0.455 e. The number of hydrazone groups is 1. The van der Waals surface area contributed by atoms with Gasteiger partial charge in [0.15, 0.2) is 5.76 Å². The van der Waals surface area contributed by atoms with Crippen molar-refractivity contribution in [3.05, 3.63) is 91.4 Å². The smallest absolute Gasteiger partial charge is 0.291 e. The molecule has 3 aromatic rings. The summed E-state index contributed by atoms with van der Waals surface area (Å²) in [5.74, 6) is -0.146. The van der Waals surface area contributed by atoms with Crippen LogP contribution in [-0.4, -0.2) is 22.4 Å². The number of amides is 2. The molecule has 0 saturated heterocycles. The van der Waals surface area contributed by atoms with Gasteiger partial charge in [-0.05, 0) is 50.5 Å². The Morgan fingerprint density at radius 3 is 2.62 bits per heavy atom. The van der Waals surface area contributed by atoms with E-state index in [4.69, 9.17) is 16.0 Å². The topological polar surface area (TPSA) is 127 Å². The molecular formula is C24H21ClN4O5. The zero-order chi connectivity index (χ0) is 24.4. The van der Waals surface area contributed by atoms with Crippen LogP contribution in [0.3, 0.4) is 0 Å². The van der Waals surface area contributed by atoms with Crippen LogP contribution in [0.25, 0.3) is 0 Å². The molecule has 0 unspecified atom stereocenters. The second-order valence-corrected chi connectivity index (χ2v) is 8.31. The summed E-state index contributed by atoms with van der Waals surface area (Å²) in [6, 6.07) is 11.2. The molecule has 0 atom stereocenters. The number of benzene rings is 2. The first-order chi connectivity index (χ1) is 16.3. The fourth-order valence-corrected chi connectivity index (χ4v) is 4.05. The third kappa shape index (κ3) is 4.55. The molecular weight excluding hydrogens is 460 g/mol. The summed E-state index contributed by atoms with van der Waals surface area (Å²) in [7, 11) is 0.